The topological polar surface area (TPSA) is 141 Å². The monoisotopic (exact) mass is 597 g/mol. The number of carbonyl (C=O) groups is 3. The van der Waals surface area contributed by atoms with Crippen LogP contribution in [0, 0.1) is 11.2 Å². The summed E-state index contributed by atoms with van der Waals surface area (Å²) in [5, 5.41) is 10.4. The van der Waals surface area contributed by atoms with Gasteiger partial charge in [-0.15, -0.1) is 0 Å². The summed E-state index contributed by atoms with van der Waals surface area (Å²) in [7, 11) is -0.313. The smallest absolute Gasteiger partial charge is 0.418 e. The Labute approximate surface area is 239 Å². The average molecular weight is 598 g/mol. The maximum absolute atomic E-state index is 16.0. The minimum absolute atomic E-state index is 0.0172. The fourth-order valence-electron chi connectivity index (χ4n) is 4.79. The number of aliphatic carboxylic acids is 1. The average Bonchev–Trinajstić information content (AvgIpc) is 3.46. The van der Waals surface area contributed by atoms with Gasteiger partial charge in [0.15, 0.2) is 5.17 Å². The maximum atomic E-state index is 16.0. The second-order valence-corrected chi connectivity index (χ2v) is 19.8. The van der Waals surface area contributed by atoms with Gasteiger partial charge in [0.25, 0.3) is 0 Å². The van der Waals surface area contributed by atoms with E-state index in [9.17, 15) is 19.5 Å². The lowest BCUT2D eigenvalue weighted by atomic mass is 9.75. The van der Waals surface area contributed by atoms with Crippen LogP contribution >= 0.6 is 11.8 Å². The Morgan fingerprint density at radius 1 is 1.23 bits per heavy atom. The van der Waals surface area contributed by atoms with E-state index >= 15 is 4.39 Å². The Morgan fingerprint density at radius 2 is 1.85 bits per heavy atom. The number of amides is 1. The van der Waals surface area contributed by atoms with E-state index in [1.165, 1.54) is 6.07 Å². The molecule has 1 fully saturated rings. The third-order valence-corrected chi connectivity index (χ3v) is 10.8. The molecule has 3 rings (SSSR count). The molecule has 40 heavy (non-hydrogen) atoms. The van der Waals surface area contributed by atoms with Gasteiger partial charge in [-0.2, -0.15) is 0 Å². The number of anilines is 1. The van der Waals surface area contributed by atoms with Gasteiger partial charge in [0.2, 0.25) is 0 Å². The number of nitrogens with two attached hydrogens (primary N) is 1. The van der Waals surface area contributed by atoms with Crippen molar-refractivity contribution in [1.82, 2.24) is 4.90 Å². The van der Waals surface area contributed by atoms with E-state index in [0.29, 0.717) is 6.61 Å². The van der Waals surface area contributed by atoms with E-state index in [-0.39, 0.29) is 29.6 Å². The highest BCUT2D eigenvalue weighted by Gasteiger charge is 2.80. The van der Waals surface area contributed by atoms with Gasteiger partial charge in [0, 0.05) is 31.3 Å². The molecule has 1 heterocycles. The number of thioether (sulfide) groups is 1. The summed E-state index contributed by atoms with van der Waals surface area (Å²) in [6.07, 6.45) is -0.647. The first kappa shape index (κ1) is 31.9. The Morgan fingerprint density at radius 3 is 2.38 bits per heavy atom. The molecule has 1 aromatic rings. The van der Waals surface area contributed by atoms with E-state index < -0.39 is 58.8 Å². The largest absolute Gasteiger partial charge is 0.480 e. The van der Waals surface area contributed by atoms with Gasteiger partial charge in [-0.1, -0.05) is 38.3 Å². The zero-order chi connectivity index (χ0) is 30.5. The van der Waals surface area contributed by atoms with E-state index in [0.717, 1.165) is 35.9 Å². The third-order valence-electron chi connectivity index (χ3n) is 7.46. The second-order valence-electron chi connectivity index (χ2n) is 12.9. The summed E-state index contributed by atoms with van der Waals surface area (Å²) in [4.78, 5) is 44.5. The van der Waals surface area contributed by atoms with Gasteiger partial charge >= 0.3 is 18.0 Å². The van der Waals surface area contributed by atoms with Crippen LogP contribution in [0.5, 0.6) is 0 Å². The standard InChI is InChI=1S/C27H40FN3O7SSi/c1-24(2,3)38-23(35)31(15-37-10-11-40(7,8)9)22-30-26(5,25(4)14-27(25,39-22)21(33)34)18-13-16(29)12-17(19(18)28)20(32)36-6/h12-13H,10-11,14-15,29H2,1-9H3,(H,33,34)/t25?,26-,27-/m1/s1. The number of aliphatic imine (C=N–C) groups is 1. The predicted octanol–water partition coefficient (Wildman–Crippen LogP) is 5.30. The molecule has 3 N–H and O–H groups in total. The number of rotatable bonds is 8. The van der Waals surface area contributed by atoms with E-state index in [2.05, 4.69) is 19.6 Å². The quantitative estimate of drug-likeness (QED) is 0.134. The second kappa shape index (κ2) is 10.6. The molecule has 1 amide bonds. The van der Waals surface area contributed by atoms with Crippen molar-refractivity contribution in [3.8, 4) is 0 Å². The molecule has 1 saturated carbocycles. The molecule has 0 bridgehead atoms. The normalized spacial score (nSPS) is 25.9. The Kier molecular flexibility index (Phi) is 8.48. The minimum atomic E-state index is -1.53. The van der Waals surface area contributed by atoms with Gasteiger partial charge in [0.05, 0.1) is 18.2 Å². The number of hydrogen-bond donors (Lipinski definition) is 2. The highest BCUT2D eigenvalue weighted by molar-refractivity contribution is 8.16. The van der Waals surface area contributed by atoms with Crippen LogP contribution in [-0.4, -0.2) is 72.1 Å². The van der Waals surface area contributed by atoms with Gasteiger partial charge in [-0.25, -0.2) is 23.9 Å². The van der Waals surface area contributed by atoms with E-state index in [1.54, 1.807) is 34.6 Å². The number of amidine groups is 1. The number of carboxylic acids is 1. The number of nitrogens with zero attached hydrogens (tertiary/aromatic N) is 2. The van der Waals surface area contributed by atoms with Crippen molar-refractivity contribution in [3.05, 3.63) is 29.1 Å². The molecule has 1 unspecified atom stereocenters. The van der Waals surface area contributed by atoms with E-state index in [1.807, 2.05) is 0 Å². The van der Waals surface area contributed by atoms with Crippen molar-refractivity contribution in [2.75, 3.05) is 26.2 Å². The first-order valence-electron chi connectivity index (χ1n) is 13.0. The van der Waals surface area contributed by atoms with Gasteiger partial charge in [-0.3, -0.25) is 4.79 Å². The summed E-state index contributed by atoms with van der Waals surface area (Å²) >= 11 is 0.922. The minimum Gasteiger partial charge on any atom is -0.480 e. The van der Waals surface area contributed by atoms with Crippen LogP contribution in [0.4, 0.5) is 14.9 Å². The molecule has 2 aliphatic rings. The van der Waals surface area contributed by atoms with Crippen molar-refractivity contribution in [1.29, 1.82) is 0 Å². The van der Waals surface area contributed by atoms with Crippen molar-refractivity contribution < 1.29 is 38.1 Å². The number of ether oxygens (including phenoxy) is 3. The fraction of sp³-hybridized carbons (Fsp3) is 0.630. The first-order valence-corrected chi connectivity index (χ1v) is 17.5. The molecule has 1 aliphatic heterocycles. The van der Waals surface area contributed by atoms with Gasteiger partial charge in [0.1, 0.15) is 22.9 Å². The van der Waals surface area contributed by atoms with Gasteiger partial charge < -0.3 is 25.1 Å². The summed E-state index contributed by atoms with van der Waals surface area (Å²) in [5.41, 5.74) is 2.21. The van der Waals surface area contributed by atoms with Crippen LogP contribution in [-0.2, 0) is 24.5 Å². The third kappa shape index (κ3) is 5.86. The summed E-state index contributed by atoms with van der Waals surface area (Å²) < 4.78 is 30.8. The molecule has 3 atom stereocenters. The van der Waals surface area contributed by atoms with Crippen molar-refractivity contribution in [2.45, 2.75) is 82.6 Å². The number of esters is 1. The maximum Gasteiger partial charge on any atom is 0.418 e. The van der Waals surface area contributed by atoms with Crippen molar-refractivity contribution in [3.63, 3.8) is 0 Å². The molecular weight excluding hydrogens is 557 g/mol. The highest BCUT2D eigenvalue weighted by Crippen LogP contribution is 2.75. The Balaban J connectivity index is 2.18. The SMILES string of the molecule is COC(=O)c1cc(N)cc([C@@]2(C)N=C(N(COCC[Si](C)(C)C)C(=O)OC(C)(C)C)S[C@@]3(C(=O)O)CC32C)c1F. The number of carboxylic acid groups (broad SMARTS) is 1. The molecular formula is C27H40FN3O7SSi. The van der Waals surface area contributed by atoms with Crippen molar-refractivity contribution >= 4 is 48.7 Å². The van der Waals surface area contributed by atoms with Crippen LogP contribution in [0.25, 0.3) is 0 Å². The lowest BCUT2D eigenvalue weighted by molar-refractivity contribution is -0.138. The molecule has 1 aliphatic carbocycles. The van der Waals surface area contributed by atoms with Crippen LogP contribution in [0.3, 0.4) is 0 Å². The molecule has 222 valence electrons. The number of methoxy groups -OCH3 is 1. The number of halogens is 1. The molecule has 1 aromatic carbocycles. The molecule has 0 aromatic heterocycles. The van der Waals surface area contributed by atoms with Crippen molar-refractivity contribution in [2.24, 2.45) is 10.4 Å². The summed E-state index contributed by atoms with van der Waals surface area (Å²) in [6.45, 7) is 15.2. The molecule has 0 radical (unpaired) electrons. The summed E-state index contributed by atoms with van der Waals surface area (Å²) in [6, 6.07) is 3.35. The van der Waals surface area contributed by atoms with Gasteiger partial charge in [-0.05, 0) is 52.3 Å². The zero-order valence-corrected chi connectivity index (χ0v) is 26.5. The van der Waals surface area contributed by atoms with Crippen LogP contribution in [0.15, 0.2) is 17.1 Å². The van der Waals surface area contributed by atoms with Crippen LogP contribution < -0.4 is 5.73 Å². The number of carbonyl (C=O) groups excluding carboxylic acids is 2. The van der Waals surface area contributed by atoms with E-state index in [4.69, 9.17) is 24.9 Å². The number of nitrogen functional groups attached to an aromatic ring is 1. The fourth-order valence-corrected chi connectivity index (χ4v) is 7.19. The molecule has 0 spiro atoms. The lowest BCUT2D eigenvalue weighted by Gasteiger charge is -2.42. The molecule has 13 heteroatoms. The lowest BCUT2D eigenvalue weighted by Crippen LogP contribution is -2.49. The summed E-state index contributed by atoms with van der Waals surface area (Å²) in [5.74, 6) is -2.97. The number of benzene rings is 1. The Bertz CT molecular complexity index is 1250. The first-order chi connectivity index (χ1) is 18.2. The number of fused-ring (bicyclic) bond motifs is 1. The molecule has 0 saturated heterocycles. The number of hydrogen-bond acceptors (Lipinski definition) is 9. The Hall–Kier alpha value is -2.64. The van der Waals surface area contributed by atoms with Crippen LogP contribution in [0.2, 0.25) is 25.7 Å². The zero-order valence-electron chi connectivity index (χ0n) is 24.6. The predicted molar refractivity (Wildman–Crippen MR) is 155 cm³/mol. The van der Waals surface area contributed by atoms with Crippen LogP contribution in [0.1, 0.15) is 57.0 Å². The highest BCUT2D eigenvalue weighted by atomic mass is 32.2. The molecule has 10 nitrogen and oxygen atoms in total.